The zero-order chi connectivity index (χ0) is 18.4. The second-order valence-electron chi connectivity index (χ2n) is 5.64. The van der Waals surface area contributed by atoms with E-state index in [1.165, 1.54) is 12.1 Å². The van der Waals surface area contributed by atoms with E-state index in [0.29, 0.717) is 21.9 Å². The smallest absolute Gasteiger partial charge is 0.123 e. The summed E-state index contributed by atoms with van der Waals surface area (Å²) < 4.78 is 18.8. The maximum Gasteiger partial charge on any atom is 0.123 e. The molecule has 0 atom stereocenters. The van der Waals surface area contributed by atoms with E-state index in [4.69, 9.17) is 16.3 Å². The maximum absolute atomic E-state index is 13.2. The number of allylic oxidation sites excluding steroid dienone is 1. The van der Waals surface area contributed by atoms with E-state index in [0.717, 1.165) is 11.1 Å². The van der Waals surface area contributed by atoms with Gasteiger partial charge in [0.1, 0.15) is 18.2 Å². The Kier molecular flexibility index (Phi) is 5.68. The average Bonchev–Trinajstić information content (AvgIpc) is 2.66. The molecule has 0 aliphatic heterocycles. The predicted molar refractivity (Wildman–Crippen MR) is 102 cm³/mol. The summed E-state index contributed by atoms with van der Waals surface area (Å²) in [6.45, 7) is 0.288. The van der Waals surface area contributed by atoms with Gasteiger partial charge in [-0.3, -0.25) is 0 Å². The molecular weight excluding hydrogens is 349 g/mol. The number of hydrogen-bond acceptors (Lipinski definition) is 2. The number of nitriles is 1. The van der Waals surface area contributed by atoms with Crippen LogP contribution in [0.5, 0.6) is 5.75 Å². The van der Waals surface area contributed by atoms with E-state index in [9.17, 15) is 9.65 Å². The summed E-state index contributed by atoms with van der Waals surface area (Å²) in [4.78, 5) is 0. The first kappa shape index (κ1) is 17.7. The third-order valence-corrected chi connectivity index (χ3v) is 4.10. The number of rotatable bonds is 5. The van der Waals surface area contributed by atoms with Gasteiger partial charge in [0.05, 0.1) is 11.6 Å². The number of hydrogen-bond donors (Lipinski definition) is 0. The Hall–Kier alpha value is -3.09. The van der Waals surface area contributed by atoms with Gasteiger partial charge in [0.25, 0.3) is 0 Å². The van der Waals surface area contributed by atoms with Gasteiger partial charge in [0, 0.05) is 10.6 Å². The van der Waals surface area contributed by atoms with Gasteiger partial charge < -0.3 is 4.74 Å². The van der Waals surface area contributed by atoms with Gasteiger partial charge in [-0.15, -0.1) is 0 Å². The van der Waals surface area contributed by atoms with Gasteiger partial charge in [-0.1, -0.05) is 54.1 Å². The van der Waals surface area contributed by atoms with Crippen LogP contribution < -0.4 is 4.74 Å². The van der Waals surface area contributed by atoms with Crippen LogP contribution in [0.3, 0.4) is 0 Å². The first-order valence-electron chi connectivity index (χ1n) is 8.00. The fourth-order valence-corrected chi connectivity index (χ4v) is 2.71. The molecule has 0 aliphatic rings. The Bertz CT molecular complexity index is 974. The second kappa shape index (κ2) is 8.33. The van der Waals surface area contributed by atoms with Crippen molar-refractivity contribution in [2.45, 2.75) is 6.61 Å². The molecule has 0 bridgehead atoms. The van der Waals surface area contributed by atoms with Crippen LogP contribution in [0.1, 0.15) is 16.7 Å². The van der Waals surface area contributed by atoms with Crippen LogP contribution in [-0.4, -0.2) is 0 Å². The standard InChI is InChI=1S/C22H15ClFNO/c23-22-7-2-1-6-21(22)18(14-25)12-16-8-10-20(11-9-16)26-15-17-4-3-5-19(24)13-17/h1-13H,15H2. The van der Waals surface area contributed by atoms with Crippen molar-refractivity contribution in [2.24, 2.45) is 0 Å². The Morgan fingerprint density at radius 2 is 1.81 bits per heavy atom. The molecule has 0 unspecified atom stereocenters. The first-order valence-corrected chi connectivity index (χ1v) is 8.37. The average molecular weight is 364 g/mol. The Morgan fingerprint density at radius 1 is 1.04 bits per heavy atom. The zero-order valence-electron chi connectivity index (χ0n) is 13.8. The molecule has 128 valence electrons. The lowest BCUT2D eigenvalue weighted by atomic mass is 10.0. The molecule has 0 amide bonds. The minimum Gasteiger partial charge on any atom is -0.489 e. The highest BCUT2D eigenvalue weighted by Gasteiger charge is 2.05. The Morgan fingerprint density at radius 3 is 2.50 bits per heavy atom. The summed E-state index contributed by atoms with van der Waals surface area (Å²) in [5.41, 5.74) is 2.81. The normalized spacial score (nSPS) is 11.0. The molecule has 3 aromatic carbocycles. The molecule has 3 rings (SSSR count). The number of benzene rings is 3. The van der Waals surface area contributed by atoms with Crippen molar-refractivity contribution in [3.8, 4) is 11.8 Å². The van der Waals surface area contributed by atoms with Crippen molar-refractivity contribution < 1.29 is 9.13 Å². The van der Waals surface area contributed by atoms with Crippen LogP contribution in [0, 0.1) is 17.1 Å². The summed E-state index contributed by atoms with van der Waals surface area (Å²) >= 11 is 6.16. The van der Waals surface area contributed by atoms with Gasteiger partial charge in [0.2, 0.25) is 0 Å². The first-order chi connectivity index (χ1) is 12.7. The summed E-state index contributed by atoms with van der Waals surface area (Å²) in [5.74, 6) is 0.387. The molecular formula is C22H15ClFNO. The summed E-state index contributed by atoms with van der Waals surface area (Å²) in [5, 5.41) is 9.96. The molecule has 2 nitrogen and oxygen atoms in total. The van der Waals surface area contributed by atoms with Gasteiger partial charge in [0.15, 0.2) is 0 Å². The highest BCUT2D eigenvalue weighted by atomic mass is 35.5. The van der Waals surface area contributed by atoms with Crippen molar-refractivity contribution in [2.75, 3.05) is 0 Å². The third-order valence-electron chi connectivity index (χ3n) is 3.77. The summed E-state index contributed by atoms with van der Waals surface area (Å²) in [6, 6.07) is 23.1. The number of ether oxygens (including phenoxy) is 1. The SMILES string of the molecule is N#CC(=Cc1ccc(OCc2cccc(F)c2)cc1)c1ccccc1Cl. The highest BCUT2D eigenvalue weighted by Crippen LogP contribution is 2.25. The third kappa shape index (κ3) is 4.50. The highest BCUT2D eigenvalue weighted by molar-refractivity contribution is 6.32. The van der Waals surface area contributed by atoms with Crippen LogP contribution in [0.2, 0.25) is 5.02 Å². The predicted octanol–water partition coefficient (Wildman–Crippen LogP) is 6.12. The van der Waals surface area contributed by atoms with E-state index >= 15 is 0 Å². The van der Waals surface area contributed by atoms with Crippen LogP contribution in [0.15, 0.2) is 72.8 Å². The molecule has 0 N–H and O–H groups in total. The molecule has 0 saturated heterocycles. The topological polar surface area (TPSA) is 33.0 Å². The molecule has 0 radical (unpaired) electrons. The molecule has 0 heterocycles. The number of nitrogens with zero attached hydrogens (tertiary/aromatic N) is 1. The lowest BCUT2D eigenvalue weighted by molar-refractivity contribution is 0.305. The van der Waals surface area contributed by atoms with E-state index in [-0.39, 0.29) is 12.4 Å². The van der Waals surface area contributed by atoms with Crippen LogP contribution in [-0.2, 0) is 6.61 Å². The molecule has 4 heteroatoms. The maximum atomic E-state index is 13.2. The summed E-state index contributed by atoms with van der Waals surface area (Å²) in [7, 11) is 0. The van der Waals surface area contributed by atoms with Crippen molar-refractivity contribution in [1.29, 1.82) is 5.26 Å². The minimum absolute atomic E-state index is 0.282. The monoisotopic (exact) mass is 363 g/mol. The Balaban J connectivity index is 1.73. The van der Waals surface area contributed by atoms with Crippen molar-refractivity contribution in [3.63, 3.8) is 0 Å². The minimum atomic E-state index is -0.282. The fourth-order valence-electron chi connectivity index (χ4n) is 2.47. The largest absolute Gasteiger partial charge is 0.489 e. The number of halogens is 2. The van der Waals surface area contributed by atoms with Crippen LogP contribution in [0.25, 0.3) is 11.6 Å². The fraction of sp³-hybridized carbons (Fsp3) is 0.0455. The quantitative estimate of drug-likeness (QED) is 0.404. The molecule has 0 fully saturated rings. The van der Waals surface area contributed by atoms with E-state index in [1.807, 2.05) is 48.5 Å². The lowest BCUT2D eigenvalue weighted by Crippen LogP contribution is -1.95. The molecule has 0 spiro atoms. The van der Waals surface area contributed by atoms with Crippen molar-refractivity contribution in [3.05, 3.63) is 100 Å². The van der Waals surface area contributed by atoms with Gasteiger partial charge >= 0.3 is 0 Å². The van der Waals surface area contributed by atoms with Crippen LogP contribution in [0.4, 0.5) is 4.39 Å². The van der Waals surface area contributed by atoms with Gasteiger partial charge in [-0.2, -0.15) is 5.26 Å². The Labute approximate surface area is 156 Å². The molecule has 0 saturated carbocycles. The van der Waals surface area contributed by atoms with E-state index < -0.39 is 0 Å². The molecule has 3 aromatic rings. The zero-order valence-corrected chi connectivity index (χ0v) is 14.6. The molecule has 26 heavy (non-hydrogen) atoms. The van der Waals surface area contributed by atoms with E-state index in [1.54, 1.807) is 18.2 Å². The van der Waals surface area contributed by atoms with Crippen molar-refractivity contribution in [1.82, 2.24) is 0 Å². The van der Waals surface area contributed by atoms with Crippen LogP contribution >= 0.6 is 11.6 Å². The van der Waals surface area contributed by atoms with Crippen molar-refractivity contribution >= 4 is 23.3 Å². The molecule has 0 aromatic heterocycles. The molecule has 0 aliphatic carbocycles. The second-order valence-corrected chi connectivity index (χ2v) is 6.04. The van der Waals surface area contributed by atoms with Gasteiger partial charge in [-0.25, -0.2) is 4.39 Å². The summed E-state index contributed by atoms with van der Waals surface area (Å²) in [6.07, 6.45) is 1.78. The van der Waals surface area contributed by atoms with Gasteiger partial charge in [-0.05, 0) is 47.5 Å². The lowest BCUT2D eigenvalue weighted by Gasteiger charge is -2.07. The van der Waals surface area contributed by atoms with E-state index in [2.05, 4.69) is 6.07 Å².